The average Bonchev–Trinajstić information content (AvgIpc) is 2.90. The monoisotopic (exact) mass is 343 g/mol. The van der Waals surface area contributed by atoms with Gasteiger partial charge in [0.15, 0.2) is 4.90 Å². The molecule has 1 aromatic carbocycles. The van der Waals surface area contributed by atoms with Crippen LogP contribution in [0.4, 0.5) is 11.4 Å². The fraction of sp³-hybridized carbons (Fsp3) is 0.333. The van der Waals surface area contributed by atoms with Crippen LogP contribution in [0.5, 0.6) is 0 Å². The summed E-state index contributed by atoms with van der Waals surface area (Å²) in [6.07, 6.45) is 1.74. The van der Waals surface area contributed by atoms with Crippen LogP contribution in [0.2, 0.25) is 0 Å². The highest BCUT2D eigenvalue weighted by molar-refractivity contribution is 7.89. The molecule has 11 heteroatoms. The predicted molar refractivity (Wildman–Crippen MR) is 78.1 cm³/mol. The molecule has 1 aliphatic heterocycles. The molecular formula is C12H13N3O7S. The van der Waals surface area contributed by atoms with E-state index in [1.807, 2.05) is 6.92 Å². The lowest BCUT2D eigenvalue weighted by Gasteiger charge is -2.08. The van der Waals surface area contributed by atoms with E-state index in [-0.39, 0.29) is 12.5 Å². The molecule has 0 amide bonds. The summed E-state index contributed by atoms with van der Waals surface area (Å²) >= 11 is 0. The Labute approximate surface area is 131 Å². The van der Waals surface area contributed by atoms with Gasteiger partial charge in [0.2, 0.25) is 10.0 Å². The molecule has 0 saturated carbocycles. The van der Waals surface area contributed by atoms with E-state index in [0.29, 0.717) is 18.4 Å². The number of hydrogen-bond acceptors (Lipinski definition) is 7. The number of rotatable bonds is 6. The molecule has 1 atom stereocenters. The summed E-state index contributed by atoms with van der Waals surface area (Å²) in [4.78, 5) is 19.2. The van der Waals surface area contributed by atoms with E-state index in [9.17, 15) is 28.6 Å². The van der Waals surface area contributed by atoms with Gasteiger partial charge < -0.3 is 4.74 Å². The number of nitrogens with one attached hydrogen (secondary N) is 1. The maximum Gasteiger partial charge on any atom is 0.296 e. The second-order valence-electron chi connectivity index (χ2n) is 4.91. The molecule has 1 aromatic rings. The first-order valence-electron chi connectivity index (χ1n) is 6.46. The Morgan fingerprint density at radius 2 is 2.00 bits per heavy atom. The van der Waals surface area contributed by atoms with Crippen LogP contribution >= 0.6 is 0 Å². The minimum atomic E-state index is -4.22. The second kappa shape index (κ2) is 6.30. The molecule has 0 aliphatic carbocycles. The zero-order valence-electron chi connectivity index (χ0n) is 12.0. The third-order valence-electron chi connectivity index (χ3n) is 3.08. The Bertz CT molecular complexity index is 788. The molecule has 2 rings (SSSR count). The molecule has 0 saturated heterocycles. The Morgan fingerprint density at radius 3 is 2.52 bits per heavy atom. The molecule has 1 heterocycles. The van der Waals surface area contributed by atoms with Gasteiger partial charge in [-0.25, -0.2) is 13.1 Å². The SMILES string of the molecule is CC1C=C(CNS(=O)(=O)c2ccc([N+](=O)[O-])cc2[N+](=O)[O-])OC1. The van der Waals surface area contributed by atoms with Gasteiger partial charge in [-0.3, -0.25) is 20.2 Å². The largest absolute Gasteiger partial charge is 0.496 e. The lowest BCUT2D eigenvalue weighted by molar-refractivity contribution is -0.396. The van der Waals surface area contributed by atoms with Crippen molar-refractivity contribution in [2.75, 3.05) is 13.2 Å². The third-order valence-corrected chi connectivity index (χ3v) is 4.53. The first kappa shape index (κ1) is 16.8. The van der Waals surface area contributed by atoms with Gasteiger partial charge in [-0.15, -0.1) is 0 Å². The van der Waals surface area contributed by atoms with E-state index in [4.69, 9.17) is 4.74 Å². The summed E-state index contributed by atoms with van der Waals surface area (Å²) in [5.41, 5.74) is -1.42. The molecule has 23 heavy (non-hydrogen) atoms. The van der Waals surface area contributed by atoms with Crippen LogP contribution in [0.1, 0.15) is 6.92 Å². The number of non-ortho nitro benzene ring substituents is 1. The van der Waals surface area contributed by atoms with Crippen molar-refractivity contribution in [3.05, 3.63) is 50.3 Å². The van der Waals surface area contributed by atoms with Crippen molar-refractivity contribution >= 4 is 21.4 Å². The Kier molecular flexibility index (Phi) is 4.61. The molecule has 124 valence electrons. The van der Waals surface area contributed by atoms with Crippen LogP contribution in [0.15, 0.2) is 34.9 Å². The van der Waals surface area contributed by atoms with Gasteiger partial charge in [0.1, 0.15) is 5.76 Å². The maximum atomic E-state index is 12.2. The lowest BCUT2D eigenvalue weighted by Crippen LogP contribution is -2.26. The van der Waals surface area contributed by atoms with Crippen molar-refractivity contribution in [3.8, 4) is 0 Å². The first-order valence-corrected chi connectivity index (χ1v) is 7.95. The summed E-state index contributed by atoms with van der Waals surface area (Å²) < 4.78 is 31.8. The predicted octanol–water partition coefficient (Wildman–Crippen LogP) is 1.33. The summed E-state index contributed by atoms with van der Waals surface area (Å²) in [6, 6.07) is 2.35. The number of nitrogens with zero attached hydrogens (tertiary/aromatic N) is 2. The number of benzene rings is 1. The number of nitro benzene ring substituents is 2. The minimum absolute atomic E-state index is 0.152. The summed E-state index contributed by atoms with van der Waals surface area (Å²) in [7, 11) is -4.22. The van der Waals surface area contributed by atoms with Crippen LogP contribution < -0.4 is 4.72 Å². The van der Waals surface area contributed by atoms with Gasteiger partial charge in [0.05, 0.1) is 29.1 Å². The Hall–Kier alpha value is -2.53. The number of hydrogen-bond donors (Lipinski definition) is 1. The molecule has 0 aromatic heterocycles. The highest BCUT2D eigenvalue weighted by Gasteiger charge is 2.29. The van der Waals surface area contributed by atoms with Crippen molar-refractivity contribution in [1.82, 2.24) is 4.72 Å². The zero-order valence-corrected chi connectivity index (χ0v) is 12.8. The van der Waals surface area contributed by atoms with Crippen molar-refractivity contribution in [3.63, 3.8) is 0 Å². The molecule has 0 radical (unpaired) electrons. The first-order chi connectivity index (χ1) is 10.7. The van der Waals surface area contributed by atoms with Crippen LogP contribution in [0, 0.1) is 26.1 Å². The van der Waals surface area contributed by atoms with Crippen molar-refractivity contribution < 1.29 is 23.0 Å². The minimum Gasteiger partial charge on any atom is -0.496 e. The van der Waals surface area contributed by atoms with E-state index >= 15 is 0 Å². The smallest absolute Gasteiger partial charge is 0.296 e. The molecule has 0 bridgehead atoms. The number of nitro groups is 2. The van der Waals surface area contributed by atoms with Gasteiger partial charge in [-0.1, -0.05) is 6.92 Å². The summed E-state index contributed by atoms with van der Waals surface area (Å²) in [5.74, 6) is 0.578. The maximum absolute atomic E-state index is 12.2. The molecule has 1 aliphatic rings. The standard InChI is InChI=1S/C12H13N3O7S/c1-8-4-10(22-7-8)6-13-23(20,21)12-3-2-9(14(16)17)5-11(12)15(18)19/h2-5,8,13H,6-7H2,1H3. The second-order valence-corrected chi connectivity index (χ2v) is 6.65. The quantitative estimate of drug-likeness (QED) is 0.606. The molecule has 0 spiro atoms. The number of ether oxygens (including phenoxy) is 1. The van der Waals surface area contributed by atoms with Crippen LogP contribution in [-0.4, -0.2) is 31.4 Å². The normalized spacial score (nSPS) is 17.4. The van der Waals surface area contributed by atoms with Crippen LogP contribution in [-0.2, 0) is 14.8 Å². The zero-order chi connectivity index (χ0) is 17.2. The van der Waals surface area contributed by atoms with Crippen LogP contribution in [0.3, 0.4) is 0 Å². The highest BCUT2D eigenvalue weighted by atomic mass is 32.2. The molecular weight excluding hydrogens is 330 g/mol. The van der Waals surface area contributed by atoms with E-state index in [2.05, 4.69) is 4.72 Å². The lowest BCUT2D eigenvalue weighted by atomic mass is 10.2. The summed E-state index contributed by atoms with van der Waals surface area (Å²) in [6.45, 7) is 2.18. The molecule has 0 fully saturated rings. The molecule has 1 N–H and O–H groups in total. The topological polar surface area (TPSA) is 142 Å². The van der Waals surface area contributed by atoms with E-state index in [0.717, 1.165) is 12.1 Å². The van der Waals surface area contributed by atoms with Gasteiger partial charge >= 0.3 is 0 Å². The van der Waals surface area contributed by atoms with Crippen LogP contribution in [0.25, 0.3) is 0 Å². The van der Waals surface area contributed by atoms with Crippen molar-refractivity contribution in [1.29, 1.82) is 0 Å². The van der Waals surface area contributed by atoms with E-state index < -0.39 is 36.1 Å². The fourth-order valence-electron chi connectivity index (χ4n) is 2.00. The highest BCUT2D eigenvalue weighted by Crippen LogP contribution is 2.28. The van der Waals surface area contributed by atoms with Crippen molar-refractivity contribution in [2.24, 2.45) is 5.92 Å². The van der Waals surface area contributed by atoms with E-state index in [1.54, 1.807) is 6.08 Å². The van der Waals surface area contributed by atoms with Gasteiger partial charge in [-0.05, 0) is 12.1 Å². The van der Waals surface area contributed by atoms with Gasteiger partial charge in [0, 0.05) is 12.0 Å². The Balaban J connectivity index is 2.30. The van der Waals surface area contributed by atoms with E-state index in [1.165, 1.54) is 0 Å². The van der Waals surface area contributed by atoms with Gasteiger partial charge in [-0.2, -0.15) is 0 Å². The van der Waals surface area contributed by atoms with Crippen molar-refractivity contribution in [2.45, 2.75) is 11.8 Å². The molecule has 1 unspecified atom stereocenters. The fourth-order valence-corrected chi connectivity index (χ4v) is 3.14. The average molecular weight is 343 g/mol. The van der Waals surface area contributed by atoms with Gasteiger partial charge in [0.25, 0.3) is 11.4 Å². The third kappa shape index (κ3) is 3.81. The summed E-state index contributed by atoms with van der Waals surface area (Å²) in [5, 5.41) is 21.7. The molecule has 10 nitrogen and oxygen atoms in total. The Morgan fingerprint density at radius 1 is 1.30 bits per heavy atom. The number of sulfonamides is 1.